The van der Waals surface area contributed by atoms with Gasteiger partial charge in [0.05, 0.1) is 5.02 Å². The summed E-state index contributed by atoms with van der Waals surface area (Å²) in [6.07, 6.45) is 0.925. The summed E-state index contributed by atoms with van der Waals surface area (Å²) >= 11 is 9.49. The molecule has 0 radical (unpaired) electrons. The second-order valence-corrected chi connectivity index (χ2v) is 5.76. The largest absolute Gasteiger partial charge is 0.488 e. The average molecular weight is 340 g/mol. The Labute approximate surface area is 125 Å². The van der Waals surface area contributed by atoms with Crippen LogP contribution < -0.4 is 9.47 Å². The van der Waals surface area contributed by atoms with Crippen LogP contribution in [0.2, 0.25) is 5.02 Å². The molecule has 0 fully saturated rings. The number of ether oxygens (including phenoxy) is 2. The molecule has 0 N–H and O–H groups in total. The van der Waals surface area contributed by atoms with Crippen molar-refractivity contribution < 1.29 is 9.47 Å². The van der Waals surface area contributed by atoms with Crippen LogP contribution in [0.5, 0.6) is 11.5 Å². The van der Waals surface area contributed by atoms with Gasteiger partial charge in [0.1, 0.15) is 24.2 Å². The lowest BCUT2D eigenvalue weighted by molar-refractivity contribution is 0.148. The Balaban J connectivity index is 1.64. The van der Waals surface area contributed by atoms with Crippen molar-refractivity contribution in [2.75, 3.05) is 6.61 Å². The maximum absolute atomic E-state index is 6.08. The summed E-state index contributed by atoms with van der Waals surface area (Å²) in [6.45, 7) is 0.491. The van der Waals surface area contributed by atoms with Gasteiger partial charge in [-0.15, -0.1) is 0 Å². The molecule has 0 bridgehead atoms. The van der Waals surface area contributed by atoms with E-state index >= 15 is 0 Å². The van der Waals surface area contributed by atoms with Crippen molar-refractivity contribution in [3.8, 4) is 11.5 Å². The molecule has 1 atom stereocenters. The molecule has 98 valence electrons. The van der Waals surface area contributed by atoms with Crippen molar-refractivity contribution in [2.24, 2.45) is 0 Å². The van der Waals surface area contributed by atoms with Crippen LogP contribution in [0, 0.1) is 0 Å². The van der Waals surface area contributed by atoms with Gasteiger partial charge >= 0.3 is 0 Å². The van der Waals surface area contributed by atoms with E-state index in [0.29, 0.717) is 17.4 Å². The SMILES string of the molecule is Clc1ccc(Br)cc1OCC1Cc2ccccc2O1. The Bertz CT molecular complexity index is 575. The molecule has 4 heteroatoms. The zero-order chi connectivity index (χ0) is 13.2. The Morgan fingerprint density at radius 1 is 1.26 bits per heavy atom. The summed E-state index contributed by atoms with van der Waals surface area (Å²) in [5, 5.41) is 0.610. The molecule has 0 aromatic heterocycles. The van der Waals surface area contributed by atoms with Gasteiger partial charge in [-0.3, -0.25) is 0 Å². The minimum Gasteiger partial charge on any atom is -0.488 e. The molecular weight excluding hydrogens is 328 g/mol. The summed E-state index contributed by atoms with van der Waals surface area (Å²) in [4.78, 5) is 0. The van der Waals surface area contributed by atoms with Crippen LogP contribution in [0.25, 0.3) is 0 Å². The maximum atomic E-state index is 6.08. The second-order valence-electron chi connectivity index (χ2n) is 4.44. The van der Waals surface area contributed by atoms with Crippen molar-refractivity contribution in [3.05, 3.63) is 57.5 Å². The van der Waals surface area contributed by atoms with Gasteiger partial charge in [0.15, 0.2) is 0 Å². The molecule has 1 aliphatic heterocycles. The maximum Gasteiger partial charge on any atom is 0.139 e. The Kier molecular flexibility index (Phi) is 3.67. The summed E-state index contributed by atoms with van der Waals surface area (Å²) in [5.41, 5.74) is 1.23. The molecule has 2 aromatic carbocycles. The molecule has 0 spiro atoms. The van der Waals surface area contributed by atoms with Crippen molar-refractivity contribution >= 4 is 27.5 Å². The van der Waals surface area contributed by atoms with E-state index < -0.39 is 0 Å². The molecule has 0 aliphatic carbocycles. The van der Waals surface area contributed by atoms with Crippen LogP contribution in [0.3, 0.4) is 0 Å². The smallest absolute Gasteiger partial charge is 0.139 e. The van der Waals surface area contributed by atoms with Crippen molar-refractivity contribution in [1.82, 2.24) is 0 Å². The highest BCUT2D eigenvalue weighted by Crippen LogP contribution is 2.31. The van der Waals surface area contributed by atoms with Crippen LogP contribution in [-0.2, 0) is 6.42 Å². The summed E-state index contributed by atoms with van der Waals surface area (Å²) < 4.78 is 12.5. The Morgan fingerprint density at radius 3 is 2.95 bits per heavy atom. The van der Waals surface area contributed by atoms with Crippen LogP contribution in [-0.4, -0.2) is 12.7 Å². The van der Waals surface area contributed by atoms with Crippen LogP contribution in [0.1, 0.15) is 5.56 Å². The molecule has 0 saturated carbocycles. The van der Waals surface area contributed by atoms with Crippen LogP contribution >= 0.6 is 27.5 Å². The van der Waals surface area contributed by atoms with Crippen LogP contribution in [0.15, 0.2) is 46.9 Å². The lowest BCUT2D eigenvalue weighted by Gasteiger charge is -2.13. The van der Waals surface area contributed by atoms with Gasteiger partial charge in [0, 0.05) is 10.9 Å². The van der Waals surface area contributed by atoms with Crippen molar-refractivity contribution in [2.45, 2.75) is 12.5 Å². The fourth-order valence-electron chi connectivity index (χ4n) is 2.12. The average Bonchev–Trinajstić information content (AvgIpc) is 2.82. The first-order chi connectivity index (χ1) is 9.22. The van der Waals surface area contributed by atoms with Gasteiger partial charge in [-0.05, 0) is 29.8 Å². The third-order valence-electron chi connectivity index (χ3n) is 3.03. The second kappa shape index (κ2) is 5.43. The highest BCUT2D eigenvalue weighted by Gasteiger charge is 2.23. The number of halogens is 2. The van der Waals surface area contributed by atoms with Crippen molar-refractivity contribution in [3.63, 3.8) is 0 Å². The molecule has 1 aliphatic rings. The van der Waals surface area contributed by atoms with E-state index in [0.717, 1.165) is 16.6 Å². The molecule has 1 heterocycles. The minimum absolute atomic E-state index is 0.0486. The molecule has 1 unspecified atom stereocenters. The van der Waals surface area contributed by atoms with E-state index in [2.05, 4.69) is 22.0 Å². The van der Waals surface area contributed by atoms with Gasteiger partial charge in [-0.25, -0.2) is 0 Å². The molecule has 2 nitrogen and oxygen atoms in total. The third-order valence-corrected chi connectivity index (χ3v) is 3.84. The zero-order valence-corrected chi connectivity index (χ0v) is 12.4. The van der Waals surface area contributed by atoms with E-state index in [9.17, 15) is 0 Å². The molecule has 0 saturated heterocycles. The van der Waals surface area contributed by atoms with Gasteiger partial charge in [0.2, 0.25) is 0 Å². The zero-order valence-electron chi connectivity index (χ0n) is 10.1. The number of rotatable bonds is 3. The Hall–Kier alpha value is -1.19. The van der Waals surface area contributed by atoms with Crippen LogP contribution in [0.4, 0.5) is 0 Å². The quantitative estimate of drug-likeness (QED) is 0.820. The first kappa shape index (κ1) is 12.8. The van der Waals surface area contributed by atoms with Gasteiger partial charge in [0.25, 0.3) is 0 Å². The van der Waals surface area contributed by atoms with Crippen molar-refractivity contribution in [1.29, 1.82) is 0 Å². The van der Waals surface area contributed by atoms with Gasteiger partial charge in [-0.2, -0.15) is 0 Å². The highest BCUT2D eigenvalue weighted by molar-refractivity contribution is 9.10. The predicted molar refractivity (Wildman–Crippen MR) is 79.2 cm³/mol. The number of fused-ring (bicyclic) bond motifs is 1. The first-order valence-electron chi connectivity index (χ1n) is 6.05. The summed E-state index contributed by atoms with van der Waals surface area (Å²) in [5.74, 6) is 1.63. The topological polar surface area (TPSA) is 18.5 Å². The monoisotopic (exact) mass is 338 g/mol. The highest BCUT2D eigenvalue weighted by atomic mass is 79.9. The lowest BCUT2D eigenvalue weighted by Crippen LogP contribution is -2.22. The lowest BCUT2D eigenvalue weighted by atomic mass is 10.1. The normalized spacial score (nSPS) is 16.8. The first-order valence-corrected chi connectivity index (χ1v) is 7.22. The van der Waals surface area contributed by atoms with Gasteiger partial charge < -0.3 is 9.47 Å². The fraction of sp³-hybridized carbons (Fsp3) is 0.200. The summed E-state index contributed by atoms with van der Waals surface area (Å²) in [7, 11) is 0. The van der Waals surface area contributed by atoms with E-state index in [-0.39, 0.29) is 6.10 Å². The number of benzene rings is 2. The number of para-hydroxylation sites is 1. The Morgan fingerprint density at radius 2 is 2.11 bits per heavy atom. The van der Waals surface area contributed by atoms with E-state index in [4.69, 9.17) is 21.1 Å². The predicted octanol–water partition coefficient (Wildman–Crippen LogP) is 4.49. The van der Waals surface area contributed by atoms with Gasteiger partial charge in [-0.1, -0.05) is 45.7 Å². The van der Waals surface area contributed by atoms with E-state index in [1.807, 2.05) is 36.4 Å². The standard InChI is InChI=1S/C15H12BrClO2/c16-11-5-6-13(17)15(8-11)18-9-12-7-10-3-1-2-4-14(10)19-12/h1-6,8,12H,7,9H2. The molecule has 2 aromatic rings. The molecular formula is C15H12BrClO2. The molecule has 0 amide bonds. The number of hydrogen-bond donors (Lipinski definition) is 0. The third kappa shape index (κ3) is 2.88. The minimum atomic E-state index is 0.0486. The summed E-state index contributed by atoms with van der Waals surface area (Å²) in [6, 6.07) is 13.6. The molecule has 19 heavy (non-hydrogen) atoms. The fourth-order valence-corrected chi connectivity index (χ4v) is 2.63. The molecule has 3 rings (SSSR count). The number of hydrogen-bond acceptors (Lipinski definition) is 2. The van der Waals surface area contributed by atoms with E-state index in [1.54, 1.807) is 0 Å². The van der Waals surface area contributed by atoms with E-state index in [1.165, 1.54) is 5.56 Å².